The number of nitrogens with zero attached hydrogens (tertiary/aromatic N) is 1. The number of nitrogens with two attached hydrogens (primary N) is 1. The second kappa shape index (κ2) is 5.09. The monoisotopic (exact) mass is 198 g/mol. The van der Waals surface area contributed by atoms with Crippen molar-refractivity contribution in [1.82, 2.24) is 4.98 Å². The lowest BCUT2D eigenvalue weighted by atomic mass is 10.4. The van der Waals surface area contributed by atoms with Crippen LogP contribution in [-0.4, -0.2) is 24.0 Å². The molecule has 1 heterocycles. The fraction of sp³-hybridized carbons (Fsp3) is 0.444. The fourth-order valence-corrected chi connectivity index (χ4v) is 1.95. The zero-order valence-electron chi connectivity index (χ0n) is 7.86. The van der Waals surface area contributed by atoms with Crippen molar-refractivity contribution in [2.24, 2.45) is 0 Å². The van der Waals surface area contributed by atoms with E-state index in [1.54, 1.807) is 31.3 Å². The minimum absolute atomic E-state index is 0.412. The van der Waals surface area contributed by atoms with E-state index in [0.29, 0.717) is 5.25 Å². The van der Waals surface area contributed by atoms with E-state index in [2.05, 4.69) is 11.9 Å². The molecule has 0 aromatic carbocycles. The van der Waals surface area contributed by atoms with E-state index in [-0.39, 0.29) is 0 Å². The summed E-state index contributed by atoms with van der Waals surface area (Å²) in [6.07, 6.45) is 3.42. The normalized spacial score (nSPS) is 12.8. The maximum atomic E-state index is 5.74. The van der Waals surface area contributed by atoms with Crippen molar-refractivity contribution >= 4 is 17.4 Å². The standard InChI is InChI=1S/C9H14N2OS/c1-7(6-12-2)13-9-3-4-11-5-8(9)10/h3-5,7H,6,10H2,1-2H3. The van der Waals surface area contributed by atoms with Crippen molar-refractivity contribution in [3.63, 3.8) is 0 Å². The lowest BCUT2D eigenvalue weighted by Gasteiger charge is -2.10. The molecule has 3 nitrogen and oxygen atoms in total. The molecule has 13 heavy (non-hydrogen) atoms. The van der Waals surface area contributed by atoms with Crippen molar-refractivity contribution < 1.29 is 4.74 Å². The number of rotatable bonds is 4. The van der Waals surface area contributed by atoms with E-state index in [9.17, 15) is 0 Å². The van der Waals surface area contributed by atoms with Crippen LogP contribution in [-0.2, 0) is 4.74 Å². The van der Waals surface area contributed by atoms with Crippen molar-refractivity contribution in [1.29, 1.82) is 0 Å². The Morgan fingerprint density at radius 1 is 1.69 bits per heavy atom. The van der Waals surface area contributed by atoms with Crippen LogP contribution < -0.4 is 5.73 Å². The number of nitrogen functional groups attached to an aromatic ring is 1. The second-order valence-corrected chi connectivity index (χ2v) is 4.28. The molecular weight excluding hydrogens is 184 g/mol. The number of thioether (sulfide) groups is 1. The van der Waals surface area contributed by atoms with E-state index >= 15 is 0 Å². The SMILES string of the molecule is COCC(C)Sc1ccncc1N. The molecule has 0 bridgehead atoms. The summed E-state index contributed by atoms with van der Waals surface area (Å²) in [7, 11) is 1.70. The summed E-state index contributed by atoms with van der Waals surface area (Å²) in [5.74, 6) is 0. The molecule has 1 unspecified atom stereocenters. The van der Waals surface area contributed by atoms with E-state index < -0.39 is 0 Å². The number of aromatic nitrogens is 1. The van der Waals surface area contributed by atoms with Gasteiger partial charge in [-0.05, 0) is 6.07 Å². The van der Waals surface area contributed by atoms with Gasteiger partial charge in [0.05, 0.1) is 18.5 Å². The van der Waals surface area contributed by atoms with Gasteiger partial charge in [-0.25, -0.2) is 0 Å². The van der Waals surface area contributed by atoms with Gasteiger partial charge in [-0.2, -0.15) is 0 Å². The average Bonchev–Trinajstić information content (AvgIpc) is 2.09. The average molecular weight is 198 g/mol. The molecule has 0 saturated heterocycles. The number of hydrogen-bond acceptors (Lipinski definition) is 4. The number of methoxy groups -OCH3 is 1. The van der Waals surface area contributed by atoms with Crippen LogP contribution in [0.1, 0.15) is 6.92 Å². The summed E-state index contributed by atoms with van der Waals surface area (Å²) in [6, 6.07) is 1.92. The Kier molecular flexibility index (Phi) is 4.05. The quantitative estimate of drug-likeness (QED) is 0.749. The van der Waals surface area contributed by atoms with Crippen LogP contribution >= 0.6 is 11.8 Å². The van der Waals surface area contributed by atoms with E-state index in [0.717, 1.165) is 17.2 Å². The number of hydrogen-bond donors (Lipinski definition) is 1. The number of ether oxygens (including phenoxy) is 1. The molecule has 1 atom stereocenters. The third-order valence-corrected chi connectivity index (χ3v) is 2.70. The van der Waals surface area contributed by atoms with Crippen LogP contribution in [0.2, 0.25) is 0 Å². The van der Waals surface area contributed by atoms with E-state index in [1.807, 2.05) is 6.07 Å². The zero-order chi connectivity index (χ0) is 9.68. The van der Waals surface area contributed by atoms with Gasteiger partial charge in [0.25, 0.3) is 0 Å². The predicted octanol–water partition coefficient (Wildman–Crippen LogP) is 1.79. The minimum atomic E-state index is 0.412. The molecule has 0 fully saturated rings. The Morgan fingerprint density at radius 3 is 3.08 bits per heavy atom. The van der Waals surface area contributed by atoms with Gasteiger partial charge in [0.2, 0.25) is 0 Å². The van der Waals surface area contributed by atoms with Gasteiger partial charge in [-0.3, -0.25) is 4.98 Å². The first kappa shape index (κ1) is 10.3. The van der Waals surface area contributed by atoms with Crippen LogP contribution in [0.15, 0.2) is 23.4 Å². The highest BCUT2D eigenvalue weighted by atomic mass is 32.2. The predicted molar refractivity (Wildman–Crippen MR) is 55.8 cm³/mol. The Balaban J connectivity index is 2.58. The van der Waals surface area contributed by atoms with Gasteiger partial charge in [0, 0.05) is 23.5 Å². The molecule has 0 aliphatic rings. The smallest absolute Gasteiger partial charge is 0.0638 e. The zero-order valence-corrected chi connectivity index (χ0v) is 8.67. The molecule has 0 spiro atoms. The molecule has 1 aromatic rings. The molecule has 0 aliphatic heterocycles. The third-order valence-electron chi connectivity index (χ3n) is 1.54. The molecule has 1 aromatic heterocycles. The Bertz CT molecular complexity index is 268. The van der Waals surface area contributed by atoms with Crippen molar-refractivity contribution in [2.75, 3.05) is 19.5 Å². The molecule has 2 N–H and O–H groups in total. The summed E-state index contributed by atoms with van der Waals surface area (Å²) < 4.78 is 5.04. The second-order valence-electron chi connectivity index (χ2n) is 2.80. The lowest BCUT2D eigenvalue weighted by molar-refractivity contribution is 0.203. The van der Waals surface area contributed by atoms with Crippen LogP contribution in [0.4, 0.5) is 5.69 Å². The number of pyridine rings is 1. The third kappa shape index (κ3) is 3.24. The molecule has 72 valence electrons. The summed E-state index contributed by atoms with van der Waals surface area (Å²) in [6.45, 7) is 2.83. The Morgan fingerprint density at radius 2 is 2.46 bits per heavy atom. The van der Waals surface area contributed by atoms with Crippen molar-refractivity contribution in [3.8, 4) is 0 Å². The van der Waals surface area contributed by atoms with Crippen LogP contribution in [0, 0.1) is 0 Å². The molecule has 1 rings (SSSR count). The van der Waals surface area contributed by atoms with Crippen molar-refractivity contribution in [2.45, 2.75) is 17.1 Å². The lowest BCUT2D eigenvalue weighted by Crippen LogP contribution is -2.05. The molecule has 0 radical (unpaired) electrons. The van der Waals surface area contributed by atoms with Gasteiger partial charge < -0.3 is 10.5 Å². The van der Waals surface area contributed by atoms with Gasteiger partial charge in [-0.15, -0.1) is 11.8 Å². The fourth-order valence-electron chi connectivity index (χ4n) is 0.987. The van der Waals surface area contributed by atoms with Crippen molar-refractivity contribution in [3.05, 3.63) is 18.5 Å². The molecular formula is C9H14N2OS. The van der Waals surface area contributed by atoms with Crippen LogP contribution in [0.3, 0.4) is 0 Å². The first-order chi connectivity index (χ1) is 6.24. The van der Waals surface area contributed by atoms with Gasteiger partial charge in [0.15, 0.2) is 0 Å². The maximum Gasteiger partial charge on any atom is 0.0638 e. The Hall–Kier alpha value is -0.740. The summed E-state index contributed by atoms with van der Waals surface area (Å²) in [5.41, 5.74) is 6.47. The molecule has 0 saturated carbocycles. The van der Waals surface area contributed by atoms with Crippen LogP contribution in [0.5, 0.6) is 0 Å². The first-order valence-corrected chi connectivity index (χ1v) is 4.97. The topological polar surface area (TPSA) is 48.1 Å². The molecule has 0 aliphatic carbocycles. The largest absolute Gasteiger partial charge is 0.397 e. The first-order valence-electron chi connectivity index (χ1n) is 4.09. The van der Waals surface area contributed by atoms with Gasteiger partial charge in [-0.1, -0.05) is 6.92 Å². The highest BCUT2D eigenvalue weighted by molar-refractivity contribution is 8.00. The summed E-state index contributed by atoms with van der Waals surface area (Å²) in [4.78, 5) is 5.00. The number of anilines is 1. The summed E-state index contributed by atoms with van der Waals surface area (Å²) >= 11 is 1.70. The van der Waals surface area contributed by atoms with Gasteiger partial charge >= 0.3 is 0 Å². The summed E-state index contributed by atoms with van der Waals surface area (Å²) in [5, 5.41) is 0.412. The molecule has 4 heteroatoms. The maximum absolute atomic E-state index is 5.74. The molecule has 0 amide bonds. The van der Waals surface area contributed by atoms with Gasteiger partial charge in [0.1, 0.15) is 0 Å². The minimum Gasteiger partial charge on any atom is -0.397 e. The van der Waals surface area contributed by atoms with E-state index in [1.165, 1.54) is 0 Å². The Labute approximate surface area is 82.7 Å². The highest BCUT2D eigenvalue weighted by Gasteiger charge is 2.05. The highest BCUT2D eigenvalue weighted by Crippen LogP contribution is 2.27. The van der Waals surface area contributed by atoms with Crippen LogP contribution in [0.25, 0.3) is 0 Å². The van der Waals surface area contributed by atoms with E-state index in [4.69, 9.17) is 10.5 Å².